The summed E-state index contributed by atoms with van der Waals surface area (Å²) in [5, 5.41) is 20.4. The van der Waals surface area contributed by atoms with Crippen molar-refractivity contribution in [2.75, 3.05) is 18.0 Å². The fourth-order valence-electron chi connectivity index (χ4n) is 8.76. The maximum atomic E-state index is 11.2. The number of nitro benzene ring substituents is 1. The van der Waals surface area contributed by atoms with Crippen molar-refractivity contribution in [3.8, 4) is 6.07 Å². The standard InChI is InChI=1S/C58H88N4O2/c1-3-5-7-9-11-13-15-17-19-21-23-25-27-29-31-33-47-61(48-34-32-30-28-26-24-22-20-18-16-14-12-10-8-6-4-2)57-44-39-52(40-45-57)35-36-54-38-43-56(60-51-54)42-37-53-41-46-58(62(63)64)55(49-53)50-59/h35-46,49,51H,3-34,47-48H2,1-2H3/b36-35+,42-37+. The minimum Gasteiger partial charge on any atom is -0.372 e. The molecule has 2 aromatic carbocycles. The minimum absolute atomic E-state index is 0.0483. The molecule has 0 aliphatic heterocycles. The third kappa shape index (κ3) is 25.9. The monoisotopic (exact) mass is 873 g/mol. The van der Waals surface area contributed by atoms with Crippen molar-refractivity contribution in [2.45, 2.75) is 219 Å². The molecule has 0 N–H and O–H groups in total. The molecule has 0 saturated carbocycles. The van der Waals surface area contributed by atoms with Gasteiger partial charge in [0.2, 0.25) is 0 Å². The SMILES string of the molecule is CCCCCCCCCCCCCCCCCCN(CCCCCCCCCCCCCCCCCC)c1ccc(/C=C/c2ccc(/C=C/c3ccc([N+](=O)[O-])c(C#N)c3)nc2)cc1. The fraction of sp³-hybridized carbons (Fsp3) is 0.621. The molecule has 0 unspecified atom stereocenters. The van der Waals surface area contributed by atoms with E-state index >= 15 is 0 Å². The molecule has 1 heterocycles. The first-order valence-electron chi connectivity index (χ1n) is 26.4. The van der Waals surface area contributed by atoms with E-state index in [0.717, 1.165) is 24.3 Å². The summed E-state index contributed by atoms with van der Waals surface area (Å²) in [5.74, 6) is 0. The molecule has 0 fully saturated rings. The van der Waals surface area contributed by atoms with Crippen molar-refractivity contribution in [2.24, 2.45) is 0 Å². The van der Waals surface area contributed by atoms with Crippen LogP contribution in [0.4, 0.5) is 11.4 Å². The molecule has 0 aliphatic carbocycles. The second kappa shape index (κ2) is 37.0. The predicted molar refractivity (Wildman–Crippen MR) is 278 cm³/mol. The number of anilines is 1. The molecule has 0 radical (unpaired) electrons. The Morgan fingerprint density at radius 2 is 0.875 bits per heavy atom. The number of hydrogen-bond donors (Lipinski definition) is 0. The number of aromatic nitrogens is 1. The van der Waals surface area contributed by atoms with Crippen LogP contribution in [0, 0.1) is 21.4 Å². The number of benzene rings is 2. The van der Waals surface area contributed by atoms with Gasteiger partial charge < -0.3 is 4.90 Å². The number of nitrogens with zero attached hydrogens (tertiary/aromatic N) is 4. The van der Waals surface area contributed by atoms with E-state index in [1.54, 1.807) is 6.07 Å². The Hall–Kier alpha value is -4.24. The Morgan fingerprint density at radius 1 is 0.500 bits per heavy atom. The third-order valence-electron chi connectivity index (χ3n) is 12.9. The Bertz CT molecular complexity index is 1670. The molecule has 0 atom stereocenters. The molecule has 0 saturated heterocycles. The highest BCUT2D eigenvalue weighted by molar-refractivity contribution is 5.73. The summed E-state index contributed by atoms with van der Waals surface area (Å²) in [7, 11) is 0. The van der Waals surface area contributed by atoms with Gasteiger partial charge in [0.25, 0.3) is 5.69 Å². The van der Waals surface area contributed by atoms with E-state index in [4.69, 9.17) is 0 Å². The average molecular weight is 873 g/mol. The molecule has 1 aromatic heterocycles. The van der Waals surface area contributed by atoms with Crippen molar-refractivity contribution in [3.05, 3.63) is 98.9 Å². The Morgan fingerprint density at radius 3 is 1.27 bits per heavy atom. The van der Waals surface area contributed by atoms with Crippen LogP contribution in [0.3, 0.4) is 0 Å². The molecule has 6 nitrogen and oxygen atoms in total. The van der Waals surface area contributed by atoms with Gasteiger partial charge in [-0.1, -0.05) is 243 Å². The first kappa shape index (κ1) is 54.1. The zero-order valence-electron chi connectivity index (χ0n) is 40.7. The van der Waals surface area contributed by atoms with Gasteiger partial charge >= 0.3 is 0 Å². The number of pyridine rings is 1. The van der Waals surface area contributed by atoms with Crippen LogP contribution in [0.5, 0.6) is 0 Å². The van der Waals surface area contributed by atoms with Crippen LogP contribution >= 0.6 is 0 Å². The highest BCUT2D eigenvalue weighted by Gasteiger charge is 2.13. The third-order valence-corrected chi connectivity index (χ3v) is 12.9. The minimum atomic E-state index is -0.533. The molecule has 6 heteroatoms. The zero-order chi connectivity index (χ0) is 45.6. The van der Waals surface area contributed by atoms with Crippen LogP contribution in [0.25, 0.3) is 24.3 Å². The van der Waals surface area contributed by atoms with E-state index in [1.165, 1.54) is 229 Å². The van der Waals surface area contributed by atoms with E-state index in [2.05, 4.69) is 60.1 Å². The van der Waals surface area contributed by atoms with Crippen molar-refractivity contribution < 1.29 is 4.92 Å². The van der Waals surface area contributed by atoms with Gasteiger partial charge in [-0.05, 0) is 65.9 Å². The van der Waals surface area contributed by atoms with Crippen molar-refractivity contribution in [1.29, 1.82) is 5.26 Å². The average Bonchev–Trinajstić information content (AvgIpc) is 3.32. The van der Waals surface area contributed by atoms with E-state index in [9.17, 15) is 15.4 Å². The van der Waals surface area contributed by atoms with Crippen molar-refractivity contribution in [3.63, 3.8) is 0 Å². The predicted octanol–water partition coefficient (Wildman–Crippen LogP) is 18.5. The largest absolute Gasteiger partial charge is 0.372 e. The molecule has 0 spiro atoms. The van der Waals surface area contributed by atoms with Gasteiger partial charge in [0.15, 0.2) is 0 Å². The first-order valence-corrected chi connectivity index (χ1v) is 26.4. The van der Waals surface area contributed by atoms with Crippen LogP contribution in [-0.2, 0) is 0 Å². The molecular formula is C58H88N4O2. The van der Waals surface area contributed by atoms with Crippen molar-refractivity contribution in [1.82, 2.24) is 4.98 Å². The van der Waals surface area contributed by atoms with Crippen LogP contribution in [-0.4, -0.2) is 23.0 Å². The lowest BCUT2D eigenvalue weighted by molar-refractivity contribution is -0.385. The second-order valence-corrected chi connectivity index (χ2v) is 18.5. The number of nitriles is 1. The molecule has 64 heavy (non-hydrogen) atoms. The van der Waals surface area contributed by atoms with Gasteiger partial charge in [0.1, 0.15) is 11.6 Å². The quantitative estimate of drug-likeness (QED) is 0.0323. The summed E-state index contributed by atoms with van der Waals surface area (Å²) in [6.07, 6.45) is 54.6. The Labute approximate surface area is 391 Å². The van der Waals surface area contributed by atoms with E-state index in [1.807, 2.05) is 36.6 Å². The molecule has 0 amide bonds. The maximum absolute atomic E-state index is 11.2. The molecule has 0 bridgehead atoms. The van der Waals surface area contributed by atoms with Crippen LogP contribution in [0.1, 0.15) is 247 Å². The molecule has 352 valence electrons. The topological polar surface area (TPSA) is 83.1 Å². The highest BCUT2D eigenvalue weighted by atomic mass is 16.6. The lowest BCUT2D eigenvalue weighted by Gasteiger charge is -2.25. The van der Waals surface area contributed by atoms with Gasteiger partial charge in [-0.15, -0.1) is 0 Å². The number of rotatable bonds is 40. The van der Waals surface area contributed by atoms with Gasteiger partial charge in [-0.3, -0.25) is 15.1 Å². The zero-order valence-corrected chi connectivity index (χ0v) is 40.7. The Balaban J connectivity index is 1.40. The summed E-state index contributed by atoms with van der Waals surface area (Å²) in [6.45, 7) is 6.88. The fourth-order valence-corrected chi connectivity index (χ4v) is 8.76. The van der Waals surface area contributed by atoms with Gasteiger partial charge in [0.05, 0.1) is 10.6 Å². The van der Waals surface area contributed by atoms with Gasteiger partial charge in [-0.25, -0.2) is 0 Å². The summed E-state index contributed by atoms with van der Waals surface area (Å²) < 4.78 is 0. The van der Waals surface area contributed by atoms with E-state index < -0.39 is 4.92 Å². The summed E-state index contributed by atoms with van der Waals surface area (Å²) in [4.78, 5) is 17.8. The van der Waals surface area contributed by atoms with Crippen LogP contribution in [0.15, 0.2) is 60.8 Å². The second-order valence-electron chi connectivity index (χ2n) is 18.5. The maximum Gasteiger partial charge on any atom is 0.287 e. The summed E-state index contributed by atoms with van der Waals surface area (Å²) >= 11 is 0. The van der Waals surface area contributed by atoms with Gasteiger partial charge in [-0.2, -0.15) is 5.26 Å². The smallest absolute Gasteiger partial charge is 0.287 e. The normalized spacial score (nSPS) is 11.5. The van der Waals surface area contributed by atoms with E-state index in [0.29, 0.717) is 5.56 Å². The van der Waals surface area contributed by atoms with E-state index in [-0.39, 0.29) is 11.3 Å². The summed E-state index contributed by atoms with van der Waals surface area (Å²) in [5.41, 5.74) is 4.87. The van der Waals surface area contributed by atoms with Crippen molar-refractivity contribution >= 4 is 35.7 Å². The number of nitro groups is 1. The summed E-state index contributed by atoms with van der Waals surface area (Å²) in [6, 6.07) is 19.5. The highest BCUT2D eigenvalue weighted by Crippen LogP contribution is 2.23. The molecule has 3 aromatic rings. The molecule has 3 rings (SSSR count). The lowest BCUT2D eigenvalue weighted by Crippen LogP contribution is -2.25. The number of unbranched alkanes of at least 4 members (excludes halogenated alkanes) is 30. The van der Waals surface area contributed by atoms with Gasteiger partial charge in [0, 0.05) is 31.0 Å². The molecule has 0 aliphatic rings. The molecular weight excluding hydrogens is 785 g/mol. The first-order chi connectivity index (χ1) is 31.5. The van der Waals surface area contributed by atoms with Crippen LogP contribution in [0.2, 0.25) is 0 Å². The lowest BCUT2D eigenvalue weighted by atomic mass is 10.0. The Kier molecular flexibility index (Phi) is 31.3. The number of hydrogen-bond acceptors (Lipinski definition) is 5. The van der Waals surface area contributed by atoms with Crippen LogP contribution < -0.4 is 4.90 Å².